The lowest BCUT2D eigenvalue weighted by Gasteiger charge is -2.18. The zero-order chi connectivity index (χ0) is 18.6. The number of carbonyl (C=O) groups excluding carboxylic acids is 1. The van der Waals surface area contributed by atoms with Crippen LogP contribution in [0, 0.1) is 6.92 Å². The molecule has 136 valence electrons. The van der Waals surface area contributed by atoms with E-state index >= 15 is 0 Å². The average molecular weight is 344 g/mol. The predicted octanol–water partition coefficient (Wildman–Crippen LogP) is 4.92. The number of carbonyl (C=O) groups is 1. The van der Waals surface area contributed by atoms with E-state index in [9.17, 15) is 4.79 Å². The summed E-state index contributed by atoms with van der Waals surface area (Å²) in [6.07, 6.45) is 7.14. The quantitative estimate of drug-likeness (QED) is 0.520. The monoisotopic (exact) mass is 344 g/mol. The first-order chi connectivity index (χ1) is 11.9. The van der Waals surface area contributed by atoms with Crippen LogP contribution in [-0.4, -0.2) is 20.2 Å². The Morgan fingerprint density at radius 2 is 1.80 bits per heavy atom. The molecule has 0 radical (unpaired) electrons. The highest BCUT2D eigenvalue weighted by atomic mass is 16.5. The standard InChI is InChI=1S/C21H28O4/c1-13(2)8-7-9-14(3)10-11-16-19(23-5)15(4)17-12-25-21(22)18(17)20(16)24-6/h8,10H,7,9,11-12H2,1-6H3/b14-10+. The second-order valence-electron chi connectivity index (χ2n) is 6.67. The Balaban J connectivity index is 2.37. The Bertz CT molecular complexity index is 722. The van der Waals surface area contributed by atoms with Crippen molar-refractivity contribution in [3.05, 3.63) is 45.6 Å². The van der Waals surface area contributed by atoms with E-state index in [2.05, 4.69) is 32.9 Å². The van der Waals surface area contributed by atoms with Crippen LogP contribution >= 0.6 is 0 Å². The van der Waals surface area contributed by atoms with Crippen molar-refractivity contribution in [2.75, 3.05) is 14.2 Å². The zero-order valence-corrected chi connectivity index (χ0v) is 16.1. The Morgan fingerprint density at radius 3 is 2.40 bits per heavy atom. The van der Waals surface area contributed by atoms with E-state index in [1.165, 1.54) is 11.1 Å². The molecule has 0 spiro atoms. The summed E-state index contributed by atoms with van der Waals surface area (Å²) in [5, 5.41) is 0. The molecule has 0 aromatic heterocycles. The maximum Gasteiger partial charge on any atom is 0.342 e. The van der Waals surface area contributed by atoms with Gasteiger partial charge in [-0.2, -0.15) is 0 Å². The number of hydrogen-bond acceptors (Lipinski definition) is 4. The summed E-state index contributed by atoms with van der Waals surface area (Å²) in [6, 6.07) is 0. The van der Waals surface area contributed by atoms with E-state index in [4.69, 9.17) is 14.2 Å². The second-order valence-corrected chi connectivity index (χ2v) is 6.67. The fraction of sp³-hybridized carbons (Fsp3) is 0.476. The molecular formula is C21H28O4. The number of cyclic esters (lactones) is 1. The fourth-order valence-corrected chi connectivity index (χ4v) is 3.20. The number of esters is 1. The van der Waals surface area contributed by atoms with Crippen molar-refractivity contribution in [3.8, 4) is 11.5 Å². The summed E-state index contributed by atoms with van der Waals surface area (Å²) >= 11 is 0. The molecule has 0 fully saturated rings. The molecule has 4 nitrogen and oxygen atoms in total. The first-order valence-corrected chi connectivity index (χ1v) is 8.63. The SMILES string of the molecule is COc1c(C)c2c(c(OC)c1C/C=C(\C)CCC=C(C)C)C(=O)OC2. The zero-order valence-electron chi connectivity index (χ0n) is 16.1. The van der Waals surface area contributed by atoms with Gasteiger partial charge in [0, 0.05) is 11.1 Å². The van der Waals surface area contributed by atoms with E-state index < -0.39 is 0 Å². The molecule has 0 atom stereocenters. The number of methoxy groups -OCH3 is 2. The van der Waals surface area contributed by atoms with Crippen LogP contribution in [0.5, 0.6) is 11.5 Å². The number of allylic oxidation sites excluding steroid dienone is 4. The Morgan fingerprint density at radius 1 is 1.12 bits per heavy atom. The van der Waals surface area contributed by atoms with Gasteiger partial charge in [0.25, 0.3) is 0 Å². The first-order valence-electron chi connectivity index (χ1n) is 8.63. The van der Waals surface area contributed by atoms with Gasteiger partial charge in [-0.25, -0.2) is 4.79 Å². The molecule has 1 aliphatic rings. The minimum absolute atomic E-state index is 0.282. The van der Waals surface area contributed by atoms with Gasteiger partial charge >= 0.3 is 5.97 Å². The lowest BCUT2D eigenvalue weighted by atomic mass is 9.94. The van der Waals surface area contributed by atoms with Crippen LogP contribution < -0.4 is 9.47 Å². The summed E-state index contributed by atoms with van der Waals surface area (Å²) in [4.78, 5) is 12.1. The van der Waals surface area contributed by atoms with Crippen LogP contribution in [0.1, 0.15) is 60.7 Å². The van der Waals surface area contributed by atoms with E-state index in [-0.39, 0.29) is 12.6 Å². The van der Waals surface area contributed by atoms with Crippen molar-refractivity contribution in [1.29, 1.82) is 0 Å². The number of hydrogen-bond donors (Lipinski definition) is 0. The average Bonchev–Trinajstić information content (AvgIpc) is 2.95. The topological polar surface area (TPSA) is 44.8 Å². The Labute approximate surface area is 150 Å². The molecule has 2 rings (SSSR count). The maximum atomic E-state index is 12.1. The smallest absolute Gasteiger partial charge is 0.342 e. The van der Waals surface area contributed by atoms with E-state index in [0.717, 1.165) is 35.3 Å². The molecule has 0 saturated carbocycles. The van der Waals surface area contributed by atoms with Crippen LogP contribution in [0.2, 0.25) is 0 Å². The van der Waals surface area contributed by atoms with Gasteiger partial charge in [0.15, 0.2) is 0 Å². The lowest BCUT2D eigenvalue weighted by Crippen LogP contribution is -2.06. The van der Waals surface area contributed by atoms with E-state index in [1.54, 1.807) is 14.2 Å². The first kappa shape index (κ1) is 19.1. The number of benzene rings is 1. The minimum Gasteiger partial charge on any atom is -0.496 e. The molecule has 0 bridgehead atoms. The summed E-state index contributed by atoms with van der Waals surface area (Å²) in [5.41, 5.74) is 5.92. The van der Waals surface area contributed by atoms with Crippen molar-refractivity contribution in [2.45, 2.75) is 53.6 Å². The highest BCUT2D eigenvalue weighted by Gasteiger charge is 2.32. The van der Waals surface area contributed by atoms with Gasteiger partial charge in [0.05, 0.1) is 14.2 Å². The third-order valence-corrected chi connectivity index (χ3v) is 4.58. The molecule has 1 aromatic rings. The van der Waals surface area contributed by atoms with Crippen molar-refractivity contribution < 1.29 is 19.0 Å². The molecule has 1 aliphatic heterocycles. The highest BCUT2D eigenvalue weighted by Crippen LogP contribution is 2.42. The Hall–Kier alpha value is -2.23. The molecule has 4 heteroatoms. The van der Waals surface area contributed by atoms with Gasteiger partial charge in [-0.1, -0.05) is 23.3 Å². The van der Waals surface area contributed by atoms with Crippen molar-refractivity contribution in [1.82, 2.24) is 0 Å². The summed E-state index contributed by atoms with van der Waals surface area (Å²) in [6.45, 7) is 8.60. The van der Waals surface area contributed by atoms with Gasteiger partial charge in [-0.05, 0) is 52.5 Å². The lowest BCUT2D eigenvalue weighted by molar-refractivity contribution is 0.0532. The maximum absolute atomic E-state index is 12.1. The van der Waals surface area contributed by atoms with E-state index in [1.807, 2.05) is 6.92 Å². The number of rotatable bonds is 7. The summed E-state index contributed by atoms with van der Waals surface area (Å²) in [5.74, 6) is 1.04. The molecule has 0 aliphatic carbocycles. The van der Waals surface area contributed by atoms with Gasteiger partial charge in [-0.3, -0.25) is 0 Å². The molecular weight excluding hydrogens is 316 g/mol. The fourth-order valence-electron chi connectivity index (χ4n) is 3.20. The largest absolute Gasteiger partial charge is 0.496 e. The molecule has 0 unspecified atom stereocenters. The van der Waals surface area contributed by atoms with Gasteiger partial charge in [0.1, 0.15) is 23.7 Å². The van der Waals surface area contributed by atoms with Gasteiger partial charge < -0.3 is 14.2 Å². The van der Waals surface area contributed by atoms with Crippen LogP contribution in [0.4, 0.5) is 0 Å². The van der Waals surface area contributed by atoms with Crippen LogP contribution in [-0.2, 0) is 17.8 Å². The third-order valence-electron chi connectivity index (χ3n) is 4.58. The van der Waals surface area contributed by atoms with E-state index in [0.29, 0.717) is 17.7 Å². The molecule has 0 saturated heterocycles. The second kappa shape index (κ2) is 8.24. The van der Waals surface area contributed by atoms with Gasteiger partial charge in [0.2, 0.25) is 0 Å². The van der Waals surface area contributed by atoms with Crippen molar-refractivity contribution >= 4 is 5.97 Å². The van der Waals surface area contributed by atoms with Crippen LogP contribution in [0.15, 0.2) is 23.3 Å². The molecule has 0 amide bonds. The molecule has 1 aromatic carbocycles. The van der Waals surface area contributed by atoms with Crippen LogP contribution in [0.3, 0.4) is 0 Å². The normalized spacial score (nSPS) is 13.4. The van der Waals surface area contributed by atoms with Crippen LogP contribution in [0.25, 0.3) is 0 Å². The Kier molecular flexibility index (Phi) is 6.29. The molecule has 25 heavy (non-hydrogen) atoms. The predicted molar refractivity (Wildman–Crippen MR) is 99.5 cm³/mol. The summed E-state index contributed by atoms with van der Waals surface area (Å²) < 4.78 is 16.4. The van der Waals surface area contributed by atoms with Crippen molar-refractivity contribution in [3.63, 3.8) is 0 Å². The van der Waals surface area contributed by atoms with Crippen molar-refractivity contribution in [2.24, 2.45) is 0 Å². The minimum atomic E-state index is -0.317. The third kappa shape index (κ3) is 4.06. The molecule has 0 N–H and O–H groups in total. The summed E-state index contributed by atoms with van der Waals surface area (Å²) in [7, 11) is 3.24. The number of ether oxygens (including phenoxy) is 3. The number of fused-ring (bicyclic) bond motifs is 1. The van der Waals surface area contributed by atoms with Gasteiger partial charge in [-0.15, -0.1) is 0 Å². The highest BCUT2D eigenvalue weighted by molar-refractivity contribution is 5.98. The molecule has 1 heterocycles.